The minimum atomic E-state index is -0.0531. The molecule has 1 unspecified atom stereocenters. The molecule has 1 atom stereocenters. The summed E-state index contributed by atoms with van der Waals surface area (Å²) in [5.74, 6) is 1.09. The zero-order chi connectivity index (χ0) is 18.7. The fourth-order valence-corrected chi connectivity index (χ4v) is 4.11. The quantitative estimate of drug-likeness (QED) is 0.868. The molecule has 0 aromatic carbocycles. The Morgan fingerprint density at radius 2 is 2.19 bits per heavy atom. The lowest BCUT2D eigenvalue weighted by Gasteiger charge is -2.33. The van der Waals surface area contributed by atoms with Crippen molar-refractivity contribution in [2.75, 3.05) is 25.0 Å². The topological polar surface area (TPSA) is 75.9 Å². The molecule has 0 saturated carbocycles. The lowest BCUT2D eigenvalue weighted by atomic mass is 9.98. The van der Waals surface area contributed by atoms with Gasteiger partial charge in [0.15, 0.2) is 0 Å². The van der Waals surface area contributed by atoms with E-state index < -0.39 is 0 Å². The summed E-state index contributed by atoms with van der Waals surface area (Å²) in [5, 5.41) is 12.7. The lowest BCUT2D eigenvalue weighted by Crippen LogP contribution is -2.41. The normalized spacial score (nSPS) is 18.8. The zero-order valence-corrected chi connectivity index (χ0v) is 16.8. The Morgan fingerprint density at radius 1 is 1.38 bits per heavy atom. The van der Waals surface area contributed by atoms with Crippen LogP contribution in [0.2, 0.25) is 0 Å². The first-order valence-electron chi connectivity index (χ1n) is 9.24. The highest BCUT2D eigenvalue weighted by atomic mass is 32.1. The largest absolute Gasteiger partial charge is 0.331 e. The van der Waals surface area contributed by atoms with Gasteiger partial charge in [-0.25, -0.2) is 4.98 Å². The van der Waals surface area contributed by atoms with Crippen LogP contribution in [0.3, 0.4) is 0 Å². The molecule has 0 bridgehead atoms. The molecule has 0 aliphatic carbocycles. The molecule has 142 valence electrons. The predicted octanol–water partition coefficient (Wildman–Crippen LogP) is 2.87. The monoisotopic (exact) mass is 376 g/mol. The Kier molecular flexibility index (Phi) is 5.72. The fraction of sp³-hybridized carbons (Fsp3) is 0.667. The number of amides is 1. The number of piperidine rings is 1. The van der Waals surface area contributed by atoms with Crippen molar-refractivity contribution in [1.29, 1.82) is 0 Å². The molecular formula is C18H28N6OS. The second-order valence-electron chi connectivity index (χ2n) is 7.85. The Bertz CT molecular complexity index is 747. The number of imidazole rings is 1. The molecule has 1 aliphatic heterocycles. The highest BCUT2D eigenvalue weighted by Crippen LogP contribution is 2.28. The summed E-state index contributed by atoms with van der Waals surface area (Å²) in [6, 6.07) is 0.392. The SMILES string of the molecule is CCc1nccn1C1CCCN(CC(=O)Nc2nnc(C(C)(C)C)s2)C1. The number of likely N-dealkylation sites (tertiary alicyclic amines) is 1. The van der Waals surface area contributed by atoms with Crippen LogP contribution in [0.25, 0.3) is 0 Å². The van der Waals surface area contributed by atoms with E-state index in [1.807, 2.05) is 6.20 Å². The van der Waals surface area contributed by atoms with Gasteiger partial charge in [-0.2, -0.15) is 0 Å². The molecule has 1 fully saturated rings. The lowest BCUT2D eigenvalue weighted by molar-refractivity contribution is -0.117. The van der Waals surface area contributed by atoms with Gasteiger partial charge < -0.3 is 4.57 Å². The van der Waals surface area contributed by atoms with Crippen LogP contribution in [0.15, 0.2) is 12.4 Å². The zero-order valence-electron chi connectivity index (χ0n) is 16.0. The molecule has 3 heterocycles. The average Bonchev–Trinajstić information content (AvgIpc) is 3.23. The van der Waals surface area contributed by atoms with E-state index in [9.17, 15) is 4.79 Å². The Morgan fingerprint density at radius 3 is 2.88 bits per heavy atom. The van der Waals surface area contributed by atoms with E-state index in [1.54, 1.807) is 0 Å². The third-order valence-electron chi connectivity index (χ3n) is 4.62. The van der Waals surface area contributed by atoms with Crippen molar-refractivity contribution in [3.63, 3.8) is 0 Å². The number of rotatable bonds is 5. The second-order valence-corrected chi connectivity index (χ2v) is 8.82. The highest BCUT2D eigenvalue weighted by Gasteiger charge is 2.25. The number of aryl methyl sites for hydroxylation is 1. The Hall–Kier alpha value is -1.80. The van der Waals surface area contributed by atoms with E-state index in [-0.39, 0.29) is 11.3 Å². The number of nitrogens with zero attached hydrogens (tertiary/aromatic N) is 5. The van der Waals surface area contributed by atoms with Gasteiger partial charge in [0.1, 0.15) is 10.8 Å². The number of carbonyl (C=O) groups excluding carboxylic acids is 1. The van der Waals surface area contributed by atoms with Gasteiger partial charge in [-0.3, -0.25) is 15.0 Å². The number of nitrogens with one attached hydrogen (secondary N) is 1. The molecule has 1 saturated heterocycles. The van der Waals surface area contributed by atoms with Crippen LogP contribution in [0.4, 0.5) is 5.13 Å². The molecular weight excluding hydrogens is 348 g/mol. The number of aromatic nitrogens is 4. The summed E-state index contributed by atoms with van der Waals surface area (Å²) in [4.78, 5) is 19.1. The minimum absolute atomic E-state index is 0.0244. The number of carbonyl (C=O) groups is 1. The van der Waals surface area contributed by atoms with Crippen molar-refractivity contribution in [3.05, 3.63) is 23.2 Å². The second kappa shape index (κ2) is 7.84. The molecule has 7 nitrogen and oxygen atoms in total. The maximum Gasteiger partial charge on any atom is 0.240 e. The van der Waals surface area contributed by atoms with Gasteiger partial charge in [-0.15, -0.1) is 10.2 Å². The summed E-state index contributed by atoms with van der Waals surface area (Å²) in [6.45, 7) is 10.6. The van der Waals surface area contributed by atoms with Gasteiger partial charge in [-0.1, -0.05) is 39.0 Å². The summed E-state index contributed by atoms with van der Waals surface area (Å²) in [7, 11) is 0. The van der Waals surface area contributed by atoms with E-state index >= 15 is 0 Å². The molecule has 2 aromatic rings. The van der Waals surface area contributed by atoms with Crippen LogP contribution in [0.1, 0.15) is 57.4 Å². The summed E-state index contributed by atoms with van der Waals surface area (Å²) >= 11 is 1.45. The van der Waals surface area contributed by atoms with Gasteiger partial charge in [0.05, 0.1) is 6.54 Å². The third-order valence-corrected chi connectivity index (χ3v) is 5.88. The van der Waals surface area contributed by atoms with Crippen molar-refractivity contribution < 1.29 is 4.79 Å². The van der Waals surface area contributed by atoms with Gasteiger partial charge in [0, 0.05) is 36.8 Å². The van der Waals surface area contributed by atoms with E-state index in [0.29, 0.717) is 17.7 Å². The number of hydrogen-bond donors (Lipinski definition) is 1. The van der Waals surface area contributed by atoms with E-state index in [1.165, 1.54) is 11.3 Å². The molecule has 3 rings (SSSR count). The minimum Gasteiger partial charge on any atom is -0.331 e. The molecule has 0 spiro atoms. The van der Waals surface area contributed by atoms with Crippen molar-refractivity contribution in [3.8, 4) is 0 Å². The van der Waals surface area contributed by atoms with E-state index in [0.717, 1.165) is 43.2 Å². The van der Waals surface area contributed by atoms with Crippen molar-refractivity contribution in [1.82, 2.24) is 24.6 Å². The summed E-state index contributed by atoms with van der Waals surface area (Å²) < 4.78 is 2.27. The first-order valence-corrected chi connectivity index (χ1v) is 10.1. The van der Waals surface area contributed by atoms with E-state index in [2.05, 4.69) is 63.9 Å². The van der Waals surface area contributed by atoms with Crippen LogP contribution < -0.4 is 5.32 Å². The first kappa shape index (κ1) is 19.0. The van der Waals surface area contributed by atoms with Gasteiger partial charge in [0.2, 0.25) is 11.0 Å². The van der Waals surface area contributed by atoms with Crippen LogP contribution in [-0.4, -0.2) is 50.2 Å². The van der Waals surface area contributed by atoms with Crippen LogP contribution in [0.5, 0.6) is 0 Å². The van der Waals surface area contributed by atoms with Gasteiger partial charge in [-0.05, 0) is 19.4 Å². The molecule has 0 radical (unpaired) electrons. The number of anilines is 1. The first-order chi connectivity index (χ1) is 12.4. The van der Waals surface area contributed by atoms with Crippen LogP contribution >= 0.6 is 11.3 Å². The smallest absolute Gasteiger partial charge is 0.240 e. The van der Waals surface area contributed by atoms with Crippen molar-refractivity contribution in [2.24, 2.45) is 0 Å². The van der Waals surface area contributed by atoms with Gasteiger partial charge >= 0.3 is 0 Å². The average molecular weight is 377 g/mol. The third kappa shape index (κ3) is 4.48. The van der Waals surface area contributed by atoms with Gasteiger partial charge in [0.25, 0.3) is 0 Å². The molecule has 8 heteroatoms. The molecule has 26 heavy (non-hydrogen) atoms. The fourth-order valence-electron chi connectivity index (χ4n) is 3.29. The van der Waals surface area contributed by atoms with Crippen LogP contribution in [-0.2, 0) is 16.6 Å². The molecule has 1 amide bonds. The molecule has 2 aromatic heterocycles. The molecule has 1 N–H and O–H groups in total. The standard InChI is InChI=1S/C18H28N6OS/c1-5-14-19-8-10-24(14)13-7-6-9-23(11-13)12-15(25)20-17-22-21-16(26-17)18(2,3)4/h8,10,13H,5-7,9,11-12H2,1-4H3,(H,20,22,25). The summed E-state index contributed by atoms with van der Waals surface area (Å²) in [5.41, 5.74) is -0.0531. The van der Waals surface area contributed by atoms with Crippen molar-refractivity contribution >= 4 is 22.4 Å². The Labute approximate surface area is 158 Å². The highest BCUT2D eigenvalue weighted by molar-refractivity contribution is 7.15. The van der Waals surface area contributed by atoms with E-state index in [4.69, 9.17) is 0 Å². The molecule has 1 aliphatic rings. The van der Waals surface area contributed by atoms with Crippen molar-refractivity contribution in [2.45, 2.75) is 58.4 Å². The Balaban J connectivity index is 1.56. The van der Waals surface area contributed by atoms with Crippen LogP contribution in [0, 0.1) is 0 Å². The number of hydrogen-bond acceptors (Lipinski definition) is 6. The maximum atomic E-state index is 12.4. The maximum absolute atomic E-state index is 12.4. The summed E-state index contributed by atoms with van der Waals surface area (Å²) in [6.07, 6.45) is 7.07. The predicted molar refractivity (Wildman–Crippen MR) is 104 cm³/mol.